The molecule has 50 heavy (non-hydrogen) atoms. The standard InChI is InChI=1S/C46H26N2O2/c1-3-11-27(12-4-1)30-21-22-38-37(24-30)44-45(50-38)43(47-46(48-44)28-13-5-2-6-14-28)31-16-9-15-29(23-31)32-25-36-34-18-8-7-17-33(34)35-19-10-20-39-41(35)42(36)40(26-32)49-39/h1-26H. The van der Waals surface area contributed by atoms with Crippen molar-refractivity contribution in [3.63, 3.8) is 0 Å². The van der Waals surface area contributed by atoms with Gasteiger partial charge in [-0.15, -0.1) is 0 Å². The molecule has 0 fully saturated rings. The summed E-state index contributed by atoms with van der Waals surface area (Å²) in [4.78, 5) is 10.3. The van der Waals surface area contributed by atoms with E-state index in [2.05, 4.69) is 127 Å². The van der Waals surface area contributed by atoms with E-state index in [-0.39, 0.29) is 0 Å². The van der Waals surface area contributed by atoms with Gasteiger partial charge in [0.25, 0.3) is 0 Å². The summed E-state index contributed by atoms with van der Waals surface area (Å²) in [5.41, 5.74) is 11.1. The molecule has 3 aromatic heterocycles. The van der Waals surface area contributed by atoms with Gasteiger partial charge in [0.2, 0.25) is 0 Å². The molecule has 11 rings (SSSR count). The van der Waals surface area contributed by atoms with E-state index in [4.69, 9.17) is 18.8 Å². The third kappa shape index (κ3) is 3.99. The topological polar surface area (TPSA) is 52.1 Å². The second-order valence-electron chi connectivity index (χ2n) is 12.9. The molecule has 8 aromatic carbocycles. The van der Waals surface area contributed by atoms with Gasteiger partial charge in [0.15, 0.2) is 11.4 Å². The summed E-state index contributed by atoms with van der Waals surface area (Å²) in [6.07, 6.45) is 0. The average molecular weight is 639 g/mol. The smallest absolute Gasteiger partial charge is 0.180 e. The van der Waals surface area contributed by atoms with Gasteiger partial charge < -0.3 is 8.83 Å². The van der Waals surface area contributed by atoms with Crippen LogP contribution in [-0.4, -0.2) is 9.97 Å². The van der Waals surface area contributed by atoms with Gasteiger partial charge in [-0.1, -0.05) is 121 Å². The van der Waals surface area contributed by atoms with Crippen molar-refractivity contribution in [3.05, 3.63) is 158 Å². The summed E-state index contributed by atoms with van der Waals surface area (Å²) in [5.74, 6) is 0.659. The molecule has 4 heteroatoms. The summed E-state index contributed by atoms with van der Waals surface area (Å²) < 4.78 is 13.1. The van der Waals surface area contributed by atoms with Crippen LogP contribution in [0.15, 0.2) is 167 Å². The fraction of sp³-hybridized carbons (Fsp3) is 0. The van der Waals surface area contributed by atoms with Crippen LogP contribution >= 0.6 is 0 Å². The molecule has 0 N–H and O–H groups in total. The quantitative estimate of drug-likeness (QED) is 0.180. The van der Waals surface area contributed by atoms with Crippen molar-refractivity contribution in [1.29, 1.82) is 0 Å². The molecule has 0 saturated heterocycles. The summed E-state index contributed by atoms with van der Waals surface area (Å²) in [6.45, 7) is 0. The predicted molar refractivity (Wildman–Crippen MR) is 205 cm³/mol. The van der Waals surface area contributed by atoms with Gasteiger partial charge in [-0.25, -0.2) is 9.97 Å². The fourth-order valence-corrected chi connectivity index (χ4v) is 7.71. The van der Waals surface area contributed by atoms with Gasteiger partial charge in [0.05, 0.1) is 0 Å². The van der Waals surface area contributed by atoms with Gasteiger partial charge in [0.1, 0.15) is 28.0 Å². The van der Waals surface area contributed by atoms with Crippen molar-refractivity contribution in [1.82, 2.24) is 9.97 Å². The first-order chi connectivity index (χ1) is 24.8. The minimum Gasteiger partial charge on any atom is -0.456 e. The van der Waals surface area contributed by atoms with E-state index in [1.165, 1.54) is 32.3 Å². The predicted octanol–water partition coefficient (Wildman–Crippen LogP) is 12.7. The Kier molecular flexibility index (Phi) is 5.63. The number of aromatic nitrogens is 2. The molecular weight excluding hydrogens is 613 g/mol. The number of nitrogens with zero attached hydrogens (tertiary/aromatic N) is 2. The Labute approximate surface area is 286 Å². The van der Waals surface area contributed by atoms with Crippen LogP contribution in [0.25, 0.3) is 110 Å². The number of benzene rings is 8. The minimum absolute atomic E-state index is 0.659. The molecule has 0 unspecified atom stereocenters. The van der Waals surface area contributed by atoms with E-state index in [0.29, 0.717) is 11.4 Å². The first-order valence-corrected chi connectivity index (χ1v) is 16.8. The van der Waals surface area contributed by atoms with Gasteiger partial charge in [-0.3, -0.25) is 0 Å². The average Bonchev–Trinajstić information content (AvgIpc) is 3.76. The van der Waals surface area contributed by atoms with E-state index in [9.17, 15) is 0 Å². The first-order valence-electron chi connectivity index (χ1n) is 16.8. The Morgan fingerprint density at radius 2 is 0.980 bits per heavy atom. The normalized spacial score (nSPS) is 12.0. The monoisotopic (exact) mass is 638 g/mol. The Morgan fingerprint density at radius 1 is 0.340 bits per heavy atom. The molecule has 0 aliphatic rings. The SMILES string of the molecule is c1ccc(-c2ccc3oc4c(-c5cccc(-c6cc7oc8cccc9c%10ccccc%10c(c6)c7c89)c5)nc(-c5ccccc5)nc4c3c2)cc1. The van der Waals surface area contributed by atoms with Crippen molar-refractivity contribution in [2.45, 2.75) is 0 Å². The van der Waals surface area contributed by atoms with E-state index in [1.807, 2.05) is 30.3 Å². The molecule has 4 nitrogen and oxygen atoms in total. The Bertz CT molecular complexity index is 3080. The Morgan fingerprint density at radius 3 is 1.82 bits per heavy atom. The van der Waals surface area contributed by atoms with Crippen LogP contribution < -0.4 is 0 Å². The van der Waals surface area contributed by atoms with Gasteiger partial charge in [-0.2, -0.15) is 0 Å². The fourth-order valence-electron chi connectivity index (χ4n) is 7.71. The summed E-state index contributed by atoms with van der Waals surface area (Å²) in [5, 5.41) is 8.20. The molecule has 0 aliphatic heterocycles. The highest BCUT2D eigenvalue weighted by Gasteiger charge is 2.21. The van der Waals surface area contributed by atoms with Crippen LogP contribution in [0.3, 0.4) is 0 Å². The maximum atomic E-state index is 6.60. The zero-order chi connectivity index (χ0) is 32.8. The number of fused-ring (bicyclic) bond motifs is 6. The highest BCUT2D eigenvalue weighted by molar-refractivity contribution is 6.33. The van der Waals surface area contributed by atoms with Gasteiger partial charge in [0, 0.05) is 27.3 Å². The number of rotatable bonds is 4. The molecule has 232 valence electrons. The van der Waals surface area contributed by atoms with Crippen molar-refractivity contribution in [2.75, 3.05) is 0 Å². The Hall–Kier alpha value is -6.78. The molecule has 0 atom stereocenters. The van der Waals surface area contributed by atoms with E-state index < -0.39 is 0 Å². The molecule has 0 radical (unpaired) electrons. The molecule has 0 saturated carbocycles. The van der Waals surface area contributed by atoms with Crippen molar-refractivity contribution in [3.8, 4) is 44.9 Å². The first kappa shape index (κ1) is 27.2. The maximum absolute atomic E-state index is 6.60. The lowest BCUT2D eigenvalue weighted by molar-refractivity contribution is 0.667. The molecule has 11 aromatic rings. The van der Waals surface area contributed by atoms with E-state index in [1.54, 1.807) is 0 Å². The van der Waals surface area contributed by atoms with Crippen LogP contribution in [0.1, 0.15) is 0 Å². The lowest BCUT2D eigenvalue weighted by Gasteiger charge is -2.11. The number of hydrogen-bond acceptors (Lipinski definition) is 4. The molecule has 0 bridgehead atoms. The summed E-state index contributed by atoms with van der Waals surface area (Å²) in [7, 11) is 0. The van der Waals surface area contributed by atoms with Crippen LogP contribution in [-0.2, 0) is 0 Å². The second kappa shape index (κ2) is 10.4. The van der Waals surface area contributed by atoms with Crippen LogP contribution in [0, 0.1) is 0 Å². The highest BCUT2D eigenvalue weighted by Crippen LogP contribution is 2.45. The molecule has 3 heterocycles. The third-order valence-electron chi connectivity index (χ3n) is 10.0. The molecule has 0 aliphatic carbocycles. The summed E-state index contributed by atoms with van der Waals surface area (Å²) >= 11 is 0. The van der Waals surface area contributed by atoms with Crippen LogP contribution in [0.4, 0.5) is 0 Å². The Balaban J connectivity index is 1.14. The van der Waals surface area contributed by atoms with Gasteiger partial charge >= 0.3 is 0 Å². The second-order valence-corrected chi connectivity index (χ2v) is 12.9. The van der Waals surface area contributed by atoms with Crippen molar-refractivity contribution >= 4 is 65.6 Å². The van der Waals surface area contributed by atoms with Crippen LogP contribution in [0.5, 0.6) is 0 Å². The zero-order valence-corrected chi connectivity index (χ0v) is 26.7. The lowest BCUT2D eigenvalue weighted by atomic mass is 9.91. The van der Waals surface area contributed by atoms with E-state index in [0.717, 1.165) is 66.7 Å². The van der Waals surface area contributed by atoms with Gasteiger partial charge in [-0.05, 0) is 80.2 Å². The minimum atomic E-state index is 0.659. The van der Waals surface area contributed by atoms with Crippen LogP contribution in [0.2, 0.25) is 0 Å². The third-order valence-corrected chi connectivity index (χ3v) is 10.0. The number of furan rings is 2. The summed E-state index contributed by atoms with van der Waals surface area (Å²) in [6, 6.07) is 54.9. The largest absolute Gasteiger partial charge is 0.456 e. The molecule has 0 amide bonds. The maximum Gasteiger partial charge on any atom is 0.180 e. The lowest BCUT2D eigenvalue weighted by Crippen LogP contribution is -1.94. The molecule has 0 spiro atoms. The van der Waals surface area contributed by atoms with Crippen molar-refractivity contribution < 1.29 is 8.83 Å². The molecular formula is C46H26N2O2. The van der Waals surface area contributed by atoms with Crippen molar-refractivity contribution in [2.24, 2.45) is 0 Å². The zero-order valence-electron chi connectivity index (χ0n) is 26.7. The van der Waals surface area contributed by atoms with E-state index >= 15 is 0 Å². The number of hydrogen-bond donors (Lipinski definition) is 0. The highest BCUT2D eigenvalue weighted by atomic mass is 16.3.